The van der Waals surface area contributed by atoms with E-state index < -0.39 is 0 Å². The summed E-state index contributed by atoms with van der Waals surface area (Å²) in [6, 6.07) is 3.84. The van der Waals surface area contributed by atoms with Crippen LogP contribution < -0.4 is 9.64 Å². The van der Waals surface area contributed by atoms with Crippen molar-refractivity contribution in [3.63, 3.8) is 0 Å². The third-order valence-corrected chi connectivity index (χ3v) is 5.90. The average molecular weight is 345 g/mol. The maximum absolute atomic E-state index is 12.9. The molecule has 25 heavy (non-hydrogen) atoms. The average Bonchev–Trinajstić information content (AvgIpc) is 3.09. The van der Waals surface area contributed by atoms with Gasteiger partial charge in [0.1, 0.15) is 6.10 Å². The highest BCUT2D eigenvalue weighted by molar-refractivity contribution is 5.83. The number of carbonyl (C=O) groups excluding carboxylic acids is 1. The highest BCUT2D eigenvalue weighted by atomic mass is 16.5. The number of anilines is 1. The van der Waals surface area contributed by atoms with Crippen LogP contribution in [0, 0.1) is 11.3 Å². The third-order valence-electron chi connectivity index (χ3n) is 5.90. The summed E-state index contributed by atoms with van der Waals surface area (Å²) in [5.74, 6) is 2.16. The van der Waals surface area contributed by atoms with Crippen LogP contribution in [0.2, 0.25) is 0 Å². The molecule has 2 aliphatic heterocycles. The summed E-state index contributed by atoms with van der Waals surface area (Å²) in [5, 5.41) is 0. The standard InChI is InChI=1S/C19H27N3O3/c1-21(2)17-16(4-3-8-20-17)25-14-5-9-22(13-14)18(23)15-12-19(15)6-10-24-11-7-19/h3-4,8,14-15H,5-7,9-13H2,1-2H3. The lowest BCUT2D eigenvalue weighted by Gasteiger charge is -2.24. The molecule has 136 valence electrons. The molecule has 2 saturated heterocycles. The van der Waals surface area contributed by atoms with Crippen molar-refractivity contribution in [2.24, 2.45) is 11.3 Å². The lowest BCUT2D eigenvalue weighted by Crippen LogP contribution is -2.34. The number of hydrogen-bond donors (Lipinski definition) is 0. The molecule has 0 N–H and O–H groups in total. The Morgan fingerprint density at radius 2 is 2.20 bits per heavy atom. The van der Waals surface area contributed by atoms with Gasteiger partial charge in [0.2, 0.25) is 5.91 Å². The first-order valence-corrected chi connectivity index (χ1v) is 9.25. The van der Waals surface area contributed by atoms with Gasteiger partial charge in [0, 0.05) is 52.4 Å². The number of aromatic nitrogens is 1. The molecule has 0 bridgehead atoms. The molecule has 3 aliphatic rings. The summed E-state index contributed by atoms with van der Waals surface area (Å²) >= 11 is 0. The van der Waals surface area contributed by atoms with Crippen LogP contribution in [0.4, 0.5) is 5.82 Å². The normalized spacial score (nSPS) is 27.4. The summed E-state index contributed by atoms with van der Waals surface area (Å²) < 4.78 is 11.6. The molecule has 1 aromatic heterocycles. The van der Waals surface area contributed by atoms with Crippen molar-refractivity contribution >= 4 is 11.7 Å². The van der Waals surface area contributed by atoms with E-state index in [1.54, 1.807) is 6.20 Å². The molecule has 2 atom stereocenters. The third kappa shape index (κ3) is 3.19. The zero-order valence-electron chi connectivity index (χ0n) is 15.1. The Hall–Kier alpha value is -1.82. The first kappa shape index (κ1) is 16.6. The zero-order chi connectivity index (χ0) is 17.4. The molecule has 1 amide bonds. The molecule has 1 aromatic rings. The van der Waals surface area contributed by atoms with E-state index in [9.17, 15) is 4.79 Å². The summed E-state index contributed by atoms with van der Waals surface area (Å²) in [7, 11) is 3.92. The van der Waals surface area contributed by atoms with E-state index in [0.29, 0.717) is 12.5 Å². The predicted octanol–water partition coefficient (Wildman–Crippen LogP) is 1.94. The van der Waals surface area contributed by atoms with Gasteiger partial charge in [0.05, 0.1) is 6.54 Å². The van der Waals surface area contributed by atoms with Crippen LogP contribution in [-0.4, -0.2) is 62.3 Å². The molecule has 1 spiro atoms. The molecule has 0 radical (unpaired) electrons. The second-order valence-corrected chi connectivity index (χ2v) is 7.76. The van der Waals surface area contributed by atoms with Crippen LogP contribution >= 0.6 is 0 Å². The van der Waals surface area contributed by atoms with Crippen molar-refractivity contribution in [2.45, 2.75) is 31.8 Å². The molecule has 3 heterocycles. The number of ether oxygens (including phenoxy) is 2. The van der Waals surface area contributed by atoms with Crippen molar-refractivity contribution in [1.29, 1.82) is 0 Å². The Labute approximate surface area is 149 Å². The fraction of sp³-hybridized carbons (Fsp3) is 0.684. The number of likely N-dealkylation sites (tertiary alicyclic amines) is 1. The molecule has 4 rings (SSSR count). The minimum absolute atomic E-state index is 0.0521. The molecule has 1 saturated carbocycles. The number of nitrogens with zero attached hydrogens (tertiary/aromatic N) is 3. The molecular weight excluding hydrogens is 318 g/mol. The van der Waals surface area contributed by atoms with Crippen molar-refractivity contribution in [1.82, 2.24) is 9.88 Å². The Balaban J connectivity index is 1.35. The quantitative estimate of drug-likeness (QED) is 0.835. The molecule has 6 nitrogen and oxygen atoms in total. The van der Waals surface area contributed by atoms with Gasteiger partial charge >= 0.3 is 0 Å². The van der Waals surface area contributed by atoms with E-state index in [1.165, 1.54) is 0 Å². The lowest BCUT2D eigenvalue weighted by atomic mass is 9.93. The zero-order valence-corrected chi connectivity index (χ0v) is 15.1. The summed E-state index contributed by atoms with van der Waals surface area (Å²) in [5.41, 5.74) is 0.246. The summed E-state index contributed by atoms with van der Waals surface area (Å²) in [6.07, 6.45) is 5.84. The van der Waals surface area contributed by atoms with Gasteiger partial charge < -0.3 is 19.3 Å². The Morgan fingerprint density at radius 1 is 1.40 bits per heavy atom. The monoisotopic (exact) mass is 345 g/mol. The Kier molecular flexibility index (Phi) is 4.31. The van der Waals surface area contributed by atoms with Crippen LogP contribution in [0.15, 0.2) is 18.3 Å². The van der Waals surface area contributed by atoms with E-state index in [4.69, 9.17) is 9.47 Å². The van der Waals surface area contributed by atoms with E-state index >= 15 is 0 Å². The number of amides is 1. The summed E-state index contributed by atoms with van der Waals surface area (Å²) in [4.78, 5) is 21.2. The van der Waals surface area contributed by atoms with E-state index in [0.717, 1.165) is 57.0 Å². The number of carbonyl (C=O) groups is 1. The van der Waals surface area contributed by atoms with E-state index in [2.05, 4.69) is 4.98 Å². The lowest BCUT2D eigenvalue weighted by molar-refractivity contribution is -0.133. The highest BCUT2D eigenvalue weighted by Gasteiger charge is 2.59. The summed E-state index contributed by atoms with van der Waals surface area (Å²) in [6.45, 7) is 3.10. The molecule has 6 heteroatoms. The number of rotatable bonds is 4. The van der Waals surface area contributed by atoms with Crippen LogP contribution in [0.5, 0.6) is 5.75 Å². The Bertz CT molecular complexity index is 643. The van der Waals surface area contributed by atoms with Gasteiger partial charge in [-0.05, 0) is 36.8 Å². The van der Waals surface area contributed by atoms with Gasteiger partial charge in [-0.1, -0.05) is 0 Å². The molecule has 3 fully saturated rings. The van der Waals surface area contributed by atoms with Gasteiger partial charge in [-0.2, -0.15) is 0 Å². The predicted molar refractivity (Wildman–Crippen MR) is 94.8 cm³/mol. The highest BCUT2D eigenvalue weighted by Crippen LogP contribution is 2.59. The maximum atomic E-state index is 12.9. The minimum Gasteiger partial charge on any atom is -0.485 e. The first-order chi connectivity index (χ1) is 12.1. The molecule has 1 aliphatic carbocycles. The van der Waals surface area contributed by atoms with Crippen LogP contribution in [0.3, 0.4) is 0 Å². The van der Waals surface area contributed by atoms with E-state index in [-0.39, 0.29) is 17.4 Å². The van der Waals surface area contributed by atoms with Crippen molar-refractivity contribution in [3.8, 4) is 5.75 Å². The van der Waals surface area contributed by atoms with Gasteiger partial charge in [0.25, 0.3) is 0 Å². The topological polar surface area (TPSA) is 54.9 Å². The maximum Gasteiger partial charge on any atom is 0.226 e. The van der Waals surface area contributed by atoms with Crippen molar-refractivity contribution < 1.29 is 14.3 Å². The van der Waals surface area contributed by atoms with Crippen LogP contribution in [0.1, 0.15) is 25.7 Å². The minimum atomic E-state index is 0.0521. The molecular formula is C19H27N3O3. The second kappa shape index (κ2) is 6.48. The largest absolute Gasteiger partial charge is 0.485 e. The fourth-order valence-electron chi connectivity index (χ4n) is 4.26. The Morgan fingerprint density at radius 3 is 2.96 bits per heavy atom. The van der Waals surface area contributed by atoms with Crippen LogP contribution in [-0.2, 0) is 9.53 Å². The van der Waals surface area contributed by atoms with E-state index in [1.807, 2.05) is 36.0 Å². The SMILES string of the molecule is CN(C)c1ncccc1OC1CCN(C(=O)C2CC23CCOCC3)C1. The van der Waals surface area contributed by atoms with Gasteiger partial charge in [-0.3, -0.25) is 4.79 Å². The van der Waals surface area contributed by atoms with Crippen molar-refractivity contribution in [2.75, 3.05) is 45.3 Å². The number of hydrogen-bond acceptors (Lipinski definition) is 5. The molecule has 0 aromatic carbocycles. The molecule has 2 unspecified atom stereocenters. The van der Waals surface area contributed by atoms with Gasteiger partial charge in [-0.25, -0.2) is 4.98 Å². The first-order valence-electron chi connectivity index (χ1n) is 9.25. The van der Waals surface area contributed by atoms with Crippen LogP contribution in [0.25, 0.3) is 0 Å². The van der Waals surface area contributed by atoms with Crippen molar-refractivity contribution in [3.05, 3.63) is 18.3 Å². The van der Waals surface area contributed by atoms with Gasteiger partial charge in [0.15, 0.2) is 11.6 Å². The van der Waals surface area contributed by atoms with Gasteiger partial charge in [-0.15, -0.1) is 0 Å². The number of pyridine rings is 1. The fourth-order valence-corrected chi connectivity index (χ4v) is 4.26. The smallest absolute Gasteiger partial charge is 0.226 e. The second-order valence-electron chi connectivity index (χ2n) is 7.76.